The summed E-state index contributed by atoms with van der Waals surface area (Å²) in [7, 11) is 0. The highest BCUT2D eigenvalue weighted by molar-refractivity contribution is 6.13. The first-order chi connectivity index (χ1) is 31.0. The van der Waals surface area contributed by atoms with Gasteiger partial charge in [0.2, 0.25) is 0 Å². The summed E-state index contributed by atoms with van der Waals surface area (Å²) in [6.45, 7) is 4.76. The second-order valence-corrected chi connectivity index (χ2v) is 19.4. The molecule has 1 aromatic heterocycles. The van der Waals surface area contributed by atoms with Crippen LogP contribution < -0.4 is 4.90 Å². The Labute approximate surface area is 372 Å². The summed E-state index contributed by atoms with van der Waals surface area (Å²) in [5.41, 5.74) is 18.2. The van der Waals surface area contributed by atoms with E-state index in [0.29, 0.717) is 11.8 Å². The van der Waals surface area contributed by atoms with E-state index >= 15 is 0 Å². The van der Waals surface area contributed by atoms with Crippen LogP contribution in [0.3, 0.4) is 0 Å². The van der Waals surface area contributed by atoms with Crippen LogP contribution in [0.4, 0.5) is 17.1 Å². The van der Waals surface area contributed by atoms with Gasteiger partial charge in [-0.3, -0.25) is 0 Å². The Morgan fingerprint density at radius 1 is 0.460 bits per heavy atom. The van der Waals surface area contributed by atoms with Crippen molar-refractivity contribution >= 4 is 49.6 Å². The third-order valence-corrected chi connectivity index (χ3v) is 15.4. The first-order valence-corrected chi connectivity index (χ1v) is 23.8. The maximum Gasteiger partial charge on any atom is 0.0546 e. The lowest BCUT2D eigenvalue weighted by molar-refractivity contribution is 0.443. The summed E-state index contributed by atoms with van der Waals surface area (Å²) in [5, 5.41) is 5.07. The minimum absolute atomic E-state index is 0.0592. The molecular formula is C61H56N2. The van der Waals surface area contributed by atoms with Gasteiger partial charge in [0.05, 0.1) is 16.7 Å². The zero-order chi connectivity index (χ0) is 42.1. The van der Waals surface area contributed by atoms with Crippen molar-refractivity contribution in [1.82, 2.24) is 4.57 Å². The van der Waals surface area contributed by atoms with Crippen molar-refractivity contribution in [1.29, 1.82) is 0 Å². The SMILES string of the molecule is CC1(C)c2ccccc2-c2cc(N(c3cccc(C4CCCCC4)c3)c3ccc4ccccc4c3-c3ccc4c(c3)c3ccccc3n4-c3ccc(C4CCCCC4)cc3)ccc21. The molecule has 310 valence electrons. The monoisotopic (exact) mass is 816 g/mol. The maximum absolute atomic E-state index is 2.57. The van der Waals surface area contributed by atoms with Gasteiger partial charge in [0, 0.05) is 38.8 Å². The Morgan fingerprint density at radius 3 is 1.94 bits per heavy atom. The zero-order valence-electron chi connectivity index (χ0n) is 36.8. The first kappa shape index (κ1) is 38.3. The highest BCUT2D eigenvalue weighted by Crippen LogP contribution is 2.52. The van der Waals surface area contributed by atoms with Crippen LogP contribution in [0.1, 0.15) is 112 Å². The third-order valence-electron chi connectivity index (χ3n) is 15.4. The molecule has 2 heteroatoms. The van der Waals surface area contributed by atoms with Crippen molar-refractivity contribution in [3.05, 3.63) is 192 Å². The summed E-state index contributed by atoms with van der Waals surface area (Å²) < 4.78 is 2.48. The van der Waals surface area contributed by atoms with Gasteiger partial charge in [-0.2, -0.15) is 0 Å². The van der Waals surface area contributed by atoms with Gasteiger partial charge in [-0.05, 0) is 148 Å². The molecule has 0 radical (unpaired) electrons. The molecule has 0 atom stereocenters. The fraction of sp³-hybridized carbons (Fsp3) is 0.246. The molecule has 0 bridgehead atoms. The quantitative estimate of drug-likeness (QED) is 0.156. The fourth-order valence-electron chi connectivity index (χ4n) is 12.1. The average Bonchev–Trinajstić information content (AvgIpc) is 3.79. The Balaban J connectivity index is 1.06. The number of benzene rings is 8. The fourth-order valence-corrected chi connectivity index (χ4v) is 12.1. The number of fused-ring (bicyclic) bond motifs is 7. The highest BCUT2D eigenvalue weighted by Gasteiger charge is 2.36. The predicted molar refractivity (Wildman–Crippen MR) is 268 cm³/mol. The molecule has 63 heavy (non-hydrogen) atoms. The number of hydrogen-bond donors (Lipinski definition) is 0. The van der Waals surface area contributed by atoms with E-state index in [9.17, 15) is 0 Å². The molecule has 8 aromatic carbocycles. The van der Waals surface area contributed by atoms with Crippen molar-refractivity contribution in [2.45, 2.75) is 95.3 Å². The minimum atomic E-state index is -0.0592. The lowest BCUT2D eigenvalue weighted by atomic mass is 9.82. The molecule has 2 fully saturated rings. The van der Waals surface area contributed by atoms with Crippen LogP contribution in [0.5, 0.6) is 0 Å². The molecule has 0 N–H and O–H groups in total. The first-order valence-electron chi connectivity index (χ1n) is 23.8. The molecule has 1 heterocycles. The number of aromatic nitrogens is 1. The van der Waals surface area contributed by atoms with E-state index in [0.717, 1.165) is 0 Å². The number of nitrogens with zero attached hydrogens (tertiary/aromatic N) is 2. The van der Waals surface area contributed by atoms with Crippen molar-refractivity contribution in [2.24, 2.45) is 0 Å². The second kappa shape index (κ2) is 15.5. The molecule has 0 aliphatic heterocycles. The Bertz CT molecular complexity index is 3170. The van der Waals surface area contributed by atoms with Crippen molar-refractivity contribution in [3.8, 4) is 27.9 Å². The molecular weight excluding hydrogens is 761 g/mol. The molecule has 9 aromatic rings. The van der Waals surface area contributed by atoms with E-state index in [1.165, 1.54) is 164 Å². The van der Waals surface area contributed by atoms with Crippen LogP contribution in [-0.2, 0) is 5.41 Å². The largest absolute Gasteiger partial charge is 0.310 e. The summed E-state index contributed by atoms with van der Waals surface area (Å²) in [6.07, 6.45) is 13.2. The normalized spacial score (nSPS) is 16.4. The summed E-state index contributed by atoms with van der Waals surface area (Å²) in [6, 6.07) is 65.3. The standard InChI is InChI=1S/C61H56N2/c1-61(2)55-26-13-11-24-51(55)53-40-49(34-35-56(53)61)62(48-22-15-21-45(38-48)42-18-7-4-8-19-42)59-37-30-44-20-9-10-23-50(44)60(59)46-31-36-58-54(39-46)52-25-12-14-27-57(52)63(58)47-32-28-43(29-33-47)41-16-5-3-6-17-41/h9-15,20-42H,3-8,16-19H2,1-2H3. The van der Waals surface area contributed by atoms with E-state index < -0.39 is 0 Å². The van der Waals surface area contributed by atoms with Gasteiger partial charge in [0.15, 0.2) is 0 Å². The molecule has 0 saturated heterocycles. The lowest BCUT2D eigenvalue weighted by Crippen LogP contribution is -2.16. The number of hydrogen-bond acceptors (Lipinski definition) is 1. The van der Waals surface area contributed by atoms with Crippen molar-refractivity contribution in [2.75, 3.05) is 4.90 Å². The van der Waals surface area contributed by atoms with E-state index in [4.69, 9.17) is 0 Å². The lowest BCUT2D eigenvalue weighted by Gasteiger charge is -2.31. The Kier molecular flexibility index (Phi) is 9.40. The third kappa shape index (κ3) is 6.44. The van der Waals surface area contributed by atoms with E-state index in [-0.39, 0.29) is 5.41 Å². The van der Waals surface area contributed by atoms with Gasteiger partial charge in [-0.25, -0.2) is 0 Å². The molecule has 3 aliphatic carbocycles. The zero-order valence-corrected chi connectivity index (χ0v) is 36.8. The summed E-state index contributed by atoms with van der Waals surface area (Å²) in [5.74, 6) is 1.30. The predicted octanol–water partition coefficient (Wildman–Crippen LogP) is 17.5. The Hall–Kier alpha value is -6.38. The second-order valence-electron chi connectivity index (χ2n) is 19.4. The molecule has 12 rings (SSSR count). The average molecular weight is 817 g/mol. The van der Waals surface area contributed by atoms with Crippen LogP contribution in [-0.4, -0.2) is 4.57 Å². The Morgan fingerprint density at radius 2 is 1.13 bits per heavy atom. The van der Waals surface area contributed by atoms with Crippen molar-refractivity contribution in [3.63, 3.8) is 0 Å². The van der Waals surface area contributed by atoms with Crippen LogP contribution in [0.25, 0.3) is 60.5 Å². The van der Waals surface area contributed by atoms with Gasteiger partial charge >= 0.3 is 0 Å². The summed E-state index contributed by atoms with van der Waals surface area (Å²) >= 11 is 0. The van der Waals surface area contributed by atoms with Crippen LogP contribution in [0.15, 0.2) is 170 Å². The van der Waals surface area contributed by atoms with E-state index in [1.54, 1.807) is 0 Å². The molecule has 0 spiro atoms. The highest BCUT2D eigenvalue weighted by atomic mass is 15.1. The molecule has 0 unspecified atom stereocenters. The topological polar surface area (TPSA) is 8.17 Å². The molecule has 2 saturated carbocycles. The number of anilines is 3. The van der Waals surface area contributed by atoms with Gasteiger partial charge in [0.25, 0.3) is 0 Å². The van der Waals surface area contributed by atoms with Crippen LogP contribution >= 0.6 is 0 Å². The van der Waals surface area contributed by atoms with Crippen LogP contribution in [0.2, 0.25) is 0 Å². The molecule has 0 amide bonds. The number of para-hydroxylation sites is 1. The van der Waals surface area contributed by atoms with Gasteiger partial charge in [-0.15, -0.1) is 0 Å². The number of rotatable bonds is 7. The van der Waals surface area contributed by atoms with Gasteiger partial charge in [-0.1, -0.05) is 162 Å². The molecule has 2 nitrogen and oxygen atoms in total. The smallest absolute Gasteiger partial charge is 0.0546 e. The van der Waals surface area contributed by atoms with Gasteiger partial charge in [0.1, 0.15) is 0 Å². The molecule has 3 aliphatic rings. The van der Waals surface area contributed by atoms with Gasteiger partial charge < -0.3 is 9.47 Å². The summed E-state index contributed by atoms with van der Waals surface area (Å²) in [4.78, 5) is 2.57. The van der Waals surface area contributed by atoms with E-state index in [2.05, 4.69) is 193 Å². The van der Waals surface area contributed by atoms with E-state index in [1.807, 2.05) is 0 Å². The minimum Gasteiger partial charge on any atom is -0.310 e. The van der Waals surface area contributed by atoms with Crippen molar-refractivity contribution < 1.29 is 0 Å². The maximum atomic E-state index is 2.57. The van der Waals surface area contributed by atoms with Crippen LogP contribution in [0, 0.1) is 0 Å².